The summed E-state index contributed by atoms with van der Waals surface area (Å²) in [6.45, 7) is 9.09. The van der Waals surface area contributed by atoms with Gasteiger partial charge >= 0.3 is 12.1 Å². The summed E-state index contributed by atoms with van der Waals surface area (Å²) in [4.78, 5) is 25.4. The lowest BCUT2D eigenvalue weighted by Gasteiger charge is -2.29. The molecule has 0 bridgehead atoms. The van der Waals surface area contributed by atoms with Crippen LogP contribution in [-0.4, -0.2) is 69.5 Å². The molecule has 1 aromatic carbocycles. The van der Waals surface area contributed by atoms with Crippen LogP contribution in [0.15, 0.2) is 24.3 Å². The highest BCUT2D eigenvalue weighted by molar-refractivity contribution is 5.91. The second-order valence-electron chi connectivity index (χ2n) is 7.79. The van der Waals surface area contributed by atoms with Gasteiger partial charge in [-0.3, -0.25) is 10.2 Å². The van der Waals surface area contributed by atoms with E-state index in [0.29, 0.717) is 0 Å². The number of nitrogens with zero attached hydrogens (tertiary/aromatic N) is 1. The number of rotatable bonds is 7. The van der Waals surface area contributed by atoms with Gasteiger partial charge in [0.05, 0.1) is 6.54 Å². The van der Waals surface area contributed by atoms with Crippen molar-refractivity contribution in [3.63, 3.8) is 0 Å². The van der Waals surface area contributed by atoms with Crippen LogP contribution in [0.1, 0.15) is 20.8 Å². The average molecular weight is 421 g/mol. The number of esters is 1. The second kappa shape index (κ2) is 11.2. The van der Waals surface area contributed by atoms with E-state index in [1.165, 1.54) is 0 Å². The van der Waals surface area contributed by atoms with E-state index < -0.39 is 17.7 Å². The summed E-state index contributed by atoms with van der Waals surface area (Å²) in [6.07, 6.45) is -0.674. The third-order valence-corrected chi connectivity index (χ3v) is 4.04. The van der Waals surface area contributed by atoms with Crippen molar-refractivity contribution in [2.24, 2.45) is 0 Å². The van der Waals surface area contributed by atoms with Crippen LogP contribution >= 0.6 is 0 Å². The third kappa shape index (κ3) is 8.99. The number of hydrogen-bond acceptors (Lipinski definition) is 7. The first kappa shape index (κ1) is 23.3. The van der Waals surface area contributed by atoms with E-state index in [0.717, 1.165) is 37.6 Å². The summed E-state index contributed by atoms with van der Waals surface area (Å²) >= 11 is 0. The second-order valence-corrected chi connectivity index (χ2v) is 7.79. The Morgan fingerprint density at radius 3 is 2.63 bits per heavy atom. The molecule has 166 valence electrons. The van der Waals surface area contributed by atoms with Crippen LogP contribution in [0, 0.1) is 5.41 Å². The number of piperazine rings is 1. The number of hydrogen-bond donors (Lipinski definition) is 5. The van der Waals surface area contributed by atoms with E-state index in [1.54, 1.807) is 20.8 Å². The van der Waals surface area contributed by atoms with Gasteiger partial charge in [0.15, 0.2) is 5.96 Å². The van der Waals surface area contributed by atoms with E-state index in [9.17, 15) is 9.59 Å². The monoisotopic (exact) mass is 420 g/mol. The van der Waals surface area contributed by atoms with Gasteiger partial charge in [-0.05, 0) is 39.0 Å². The van der Waals surface area contributed by atoms with Gasteiger partial charge in [-0.1, -0.05) is 6.07 Å². The van der Waals surface area contributed by atoms with Gasteiger partial charge in [-0.25, -0.2) is 4.79 Å². The molecule has 0 aromatic heterocycles. The molecule has 1 aliphatic rings. The molecular formula is C20H32N6O4. The highest BCUT2D eigenvalue weighted by Crippen LogP contribution is 2.19. The lowest BCUT2D eigenvalue weighted by molar-refractivity contribution is -0.142. The largest absolute Gasteiger partial charge is 0.462 e. The van der Waals surface area contributed by atoms with Crippen molar-refractivity contribution < 1.29 is 19.1 Å². The van der Waals surface area contributed by atoms with Crippen LogP contribution in [-0.2, 0) is 14.3 Å². The quantitative estimate of drug-likeness (QED) is 0.192. The van der Waals surface area contributed by atoms with Crippen molar-refractivity contribution in [3.05, 3.63) is 24.3 Å². The summed E-state index contributed by atoms with van der Waals surface area (Å²) in [5.74, 6) is -0.471. The number of amides is 1. The number of guanidine groups is 1. The molecule has 0 aliphatic carbocycles. The summed E-state index contributed by atoms with van der Waals surface area (Å²) in [7, 11) is 0. The van der Waals surface area contributed by atoms with Crippen LogP contribution < -0.4 is 26.2 Å². The molecule has 30 heavy (non-hydrogen) atoms. The zero-order chi connectivity index (χ0) is 22.0. The molecule has 2 rings (SSSR count). The van der Waals surface area contributed by atoms with Crippen molar-refractivity contribution in [2.45, 2.75) is 26.4 Å². The third-order valence-electron chi connectivity index (χ3n) is 4.04. The number of ether oxygens (including phenoxy) is 2. The molecule has 1 saturated heterocycles. The van der Waals surface area contributed by atoms with Gasteiger partial charge in [-0.15, -0.1) is 0 Å². The Labute approximate surface area is 177 Å². The van der Waals surface area contributed by atoms with E-state index >= 15 is 0 Å². The summed E-state index contributed by atoms with van der Waals surface area (Å²) in [5, 5.41) is 19.5. The molecule has 0 saturated carbocycles. The standard InChI is InChI=1S/C20H32N6O4/c1-20(2,3)30-19(28)24-14-17(27)29-12-9-23-18(21)25-15-5-4-6-16(13-15)26-10-7-22-8-11-26/h4-6,13,22H,7-12,14H2,1-3H3,(H,24,28)(H3,21,23,25). The van der Waals surface area contributed by atoms with Crippen LogP contribution in [0.25, 0.3) is 0 Å². The predicted molar refractivity (Wildman–Crippen MR) is 116 cm³/mol. The molecule has 10 heteroatoms. The molecule has 0 atom stereocenters. The fraction of sp³-hybridized carbons (Fsp3) is 0.550. The molecule has 10 nitrogen and oxygen atoms in total. The number of alkyl carbamates (subject to hydrolysis) is 1. The zero-order valence-electron chi connectivity index (χ0n) is 17.8. The number of carbonyl (C=O) groups is 2. The Hall–Kier alpha value is -3.01. The van der Waals surface area contributed by atoms with Crippen LogP contribution in [0.5, 0.6) is 0 Å². The van der Waals surface area contributed by atoms with Crippen LogP contribution in [0.3, 0.4) is 0 Å². The van der Waals surface area contributed by atoms with Gasteiger partial charge < -0.3 is 35.6 Å². The molecule has 0 radical (unpaired) electrons. The summed E-state index contributed by atoms with van der Waals surface area (Å²) < 4.78 is 10.0. The van der Waals surface area contributed by atoms with Gasteiger partial charge in [0, 0.05) is 37.6 Å². The van der Waals surface area contributed by atoms with Crippen molar-refractivity contribution >= 4 is 29.4 Å². The van der Waals surface area contributed by atoms with Crippen molar-refractivity contribution in [2.75, 3.05) is 56.1 Å². The normalized spacial score (nSPS) is 13.9. The van der Waals surface area contributed by atoms with Gasteiger partial charge in [-0.2, -0.15) is 0 Å². The minimum atomic E-state index is -0.674. The first-order chi connectivity index (χ1) is 14.2. The molecule has 0 unspecified atom stereocenters. The number of benzene rings is 1. The fourth-order valence-corrected chi connectivity index (χ4v) is 2.74. The molecule has 1 heterocycles. The molecule has 1 aliphatic heterocycles. The van der Waals surface area contributed by atoms with Gasteiger partial charge in [0.25, 0.3) is 0 Å². The van der Waals surface area contributed by atoms with Gasteiger partial charge in [0.2, 0.25) is 0 Å². The van der Waals surface area contributed by atoms with E-state index in [1.807, 2.05) is 18.2 Å². The number of anilines is 2. The highest BCUT2D eigenvalue weighted by atomic mass is 16.6. The van der Waals surface area contributed by atoms with E-state index in [-0.39, 0.29) is 25.7 Å². The average Bonchev–Trinajstić information content (AvgIpc) is 2.69. The van der Waals surface area contributed by atoms with E-state index in [2.05, 4.69) is 32.2 Å². The predicted octanol–water partition coefficient (Wildman–Crippen LogP) is 1.10. The minimum absolute atomic E-state index is 0.0692. The van der Waals surface area contributed by atoms with Crippen molar-refractivity contribution in [1.29, 1.82) is 5.41 Å². The maximum absolute atomic E-state index is 11.6. The Morgan fingerprint density at radius 1 is 1.20 bits per heavy atom. The summed E-state index contributed by atoms with van der Waals surface area (Å²) in [6, 6.07) is 7.90. The smallest absolute Gasteiger partial charge is 0.408 e. The first-order valence-corrected chi connectivity index (χ1v) is 10.0. The molecular weight excluding hydrogens is 388 g/mol. The Balaban J connectivity index is 1.63. The lowest BCUT2D eigenvalue weighted by atomic mass is 10.2. The Bertz CT molecular complexity index is 728. The van der Waals surface area contributed by atoms with E-state index in [4.69, 9.17) is 14.9 Å². The molecule has 1 aromatic rings. The Kier molecular flexibility index (Phi) is 8.72. The fourth-order valence-electron chi connectivity index (χ4n) is 2.74. The number of nitrogens with one attached hydrogen (secondary N) is 5. The lowest BCUT2D eigenvalue weighted by Crippen LogP contribution is -2.43. The molecule has 5 N–H and O–H groups in total. The summed E-state index contributed by atoms with van der Waals surface area (Å²) in [5.41, 5.74) is 1.29. The molecule has 0 spiro atoms. The maximum atomic E-state index is 11.6. The van der Waals surface area contributed by atoms with Gasteiger partial charge in [0.1, 0.15) is 18.8 Å². The van der Waals surface area contributed by atoms with Crippen molar-refractivity contribution in [1.82, 2.24) is 16.0 Å². The minimum Gasteiger partial charge on any atom is -0.462 e. The first-order valence-electron chi connectivity index (χ1n) is 10.0. The number of carbonyl (C=O) groups excluding carboxylic acids is 2. The van der Waals surface area contributed by atoms with Crippen molar-refractivity contribution in [3.8, 4) is 0 Å². The topological polar surface area (TPSA) is 128 Å². The van der Waals surface area contributed by atoms with Crippen LogP contribution in [0.4, 0.5) is 16.2 Å². The Morgan fingerprint density at radius 2 is 1.93 bits per heavy atom. The SMILES string of the molecule is CC(C)(C)OC(=O)NCC(=O)OCCNC(=N)Nc1cccc(N2CCNCC2)c1. The zero-order valence-corrected chi connectivity index (χ0v) is 17.8. The maximum Gasteiger partial charge on any atom is 0.408 e. The van der Waals surface area contributed by atoms with Crippen LogP contribution in [0.2, 0.25) is 0 Å². The molecule has 1 fully saturated rings. The molecule has 1 amide bonds. The highest BCUT2D eigenvalue weighted by Gasteiger charge is 2.17.